The van der Waals surface area contributed by atoms with Gasteiger partial charge in [0.1, 0.15) is 31.0 Å². The van der Waals surface area contributed by atoms with Crippen LogP contribution >= 0.6 is 0 Å². The SMILES string of the molecule is CCC(C)CCCCCCCCCCC(=O)OC[C@H]1O[C@@H](OC(=O)/C(C)=C/C=C/C(C)=C/C=C/C(C)=C/C=C/C=C(C)/C=C/C=C(\C)CCC=C(C)C)[C@H](O)[C@@H](O)[C@@H]1O. The van der Waals surface area contributed by atoms with E-state index in [9.17, 15) is 24.9 Å². The lowest BCUT2D eigenvalue weighted by Crippen LogP contribution is -2.59. The fourth-order valence-corrected chi connectivity index (χ4v) is 6.01. The largest absolute Gasteiger partial charge is 0.463 e. The van der Waals surface area contributed by atoms with Crippen molar-refractivity contribution in [3.8, 4) is 0 Å². The maximum atomic E-state index is 12.8. The molecule has 1 aliphatic rings. The van der Waals surface area contributed by atoms with Crippen LogP contribution in [-0.2, 0) is 23.8 Å². The molecule has 0 radical (unpaired) electrons. The van der Waals surface area contributed by atoms with Crippen LogP contribution in [0.2, 0.25) is 0 Å². The number of hydrogen-bond acceptors (Lipinski definition) is 8. The van der Waals surface area contributed by atoms with Gasteiger partial charge in [0.25, 0.3) is 0 Å². The third-order valence-electron chi connectivity index (χ3n) is 10.2. The second-order valence-corrected chi connectivity index (χ2v) is 16.4. The van der Waals surface area contributed by atoms with Crippen LogP contribution in [0, 0.1) is 5.92 Å². The molecule has 0 amide bonds. The highest BCUT2D eigenvalue weighted by atomic mass is 16.7. The number of hydrogen-bond donors (Lipinski definition) is 3. The van der Waals surface area contributed by atoms with Gasteiger partial charge in [0, 0.05) is 12.0 Å². The standard InChI is InChI=1S/C51H78O8/c1-10-39(4)26-17-15-13-11-12-14-16-18-36-46(52)57-37-45-47(53)48(54)49(55)51(58-45)59-50(56)44(9)35-24-34-43(8)33-23-31-41(6)28-20-19-27-40(5)30-22-32-42(7)29-21-25-38(2)3/h19-20,22-25,27-28,30-35,39,45,47-49,51,53-55H,10-18,21,26,29,36-37H2,1-9H3/b20-19+,30-22+,31-23+,34-24+,40-27+,41-28+,42-32+,43-33+,44-35+/t39?,45-,47-,48+,49-,51+/m1/s1. The number of ether oxygens (including phenoxy) is 3. The number of unbranched alkanes of at least 4 members (excludes halogenated alkanes) is 7. The molecule has 1 fully saturated rings. The third kappa shape index (κ3) is 26.1. The Balaban J connectivity index is 2.52. The predicted molar refractivity (Wildman–Crippen MR) is 243 cm³/mol. The number of rotatable bonds is 27. The average Bonchev–Trinajstić information content (AvgIpc) is 3.19. The van der Waals surface area contributed by atoms with E-state index in [4.69, 9.17) is 14.2 Å². The van der Waals surface area contributed by atoms with E-state index >= 15 is 0 Å². The lowest BCUT2D eigenvalue weighted by molar-refractivity contribution is -0.292. The highest BCUT2D eigenvalue weighted by molar-refractivity contribution is 5.88. The van der Waals surface area contributed by atoms with Gasteiger partial charge in [-0.1, -0.05) is 185 Å². The molecule has 59 heavy (non-hydrogen) atoms. The Kier molecular flexibility index (Phi) is 28.9. The Labute approximate surface area is 357 Å². The molecule has 0 aliphatic carbocycles. The number of carbonyl (C=O) groups is 2. The smallest absolute Gasteiger partial charge is 0.336 e. The van der Waals surface area contributed by atoms with Crippen LogP contribution in [0.1, 0.15) is 146 Å². The molecular weight excluding hydrogens is 741 g/mol. The van der Waals surface area contributed by atoms with Crippen molar-refractivity contribution in [1.29, 1.82) is 0 Å². The second-order valence-electron chi connectivity index (χ2n) is 16.4. The molecule has 1 heterocycles. The monoisotopic (exact) mass is 819 g/mol. The summed E-state index contributed by atoms with van der Waals surface area (Å²) in [5.41, 5.74) is 6.16. The molecule has 0 aromatic heterocycles. The zero-order valence-electron chi connectivity index (χ0n) is 37.8. The number of carbonyl (C=O) groups excluding carboxylic acids is 2. The Morgan fingerprint density at radius 1 is 0.644 bits per heavy atom. The normalized spacial score (nSPS) is 21.9. The lowest BCUT2D eigenvalue weighted by atomic mass is 9.99. The van der Waals surface area contributed by atoms with E-state index in [1.165, 1.54) is 55.2 Å². The molecule has 0 spiro atoms. The quantitative estimate of drug-likeness (QED) is 0.0246. The molecule has 1 saturated heterocycles. The van der Waals surface area contributed by atoms with Gasteiger partial charge < -0.3 is 29.5 Å². The van der Waals surface area contributed by atoms with Gasteiger partial charge in [-0.25, -0.2) is 4.79 Å². The molecule has 1 unspecified atom stereocenters. The molecule has 8 heteroatoms. The minimum Gasteiger partial charge on any atom is -0.463 e. The van der Waals surface area contributed by atoms with Gasteiger partial charge in [-0.15, -0.1) is 0 Å². The first-order valence-electron chi connectivity index (χ1n) is 21.9. The zero-order valence-corrected chi connectivity index (χ0v) is 37.8. The Hall–Kier alpha value is -3.82. The van der Waals surface area contributed by atoms with Gasteiger partial charge in [-0.2, -0.15) is 0 Å². The first-order valence-corrected chi connectivity index (χ1v) is 21.9. The van der Waals surface area contributed by atoms with Crippen molar-refractivity contribution in [3.05, 3.63) is 119 Å². The van der Waals surface area contributed by atoms with Crippen LogP contribution < -0.4 is 0 Å². The fourth-order valence-electron chi connectivity index (χ4n) is 6.01. The molecule has 6 atom stereocenters. The van der Waals surface area contributed by atoms with E-state index in [1.54, 1.807) is 19.1 Å². The van der Waals surface area contributed by atoms with Gasteiger partial charge >= 0.3 is 11.9 Å². The minimum atomic E-state index is -1.68. The molecule has 0 aromatic carbocycles. The maximum absolute atomic E-state index is 12.8. The zero-order chi connectivity index (χ0) is 44.0. The first-order chi connectivity index (χ1) is 28.1. The van der Waals surface area contributed by atoms with Crippen molar-refractivity contribution in [2.75, 3.05) is 6.61 Å². The van der Waals surface area contributed by atoms with E-state index in [0.29, 0.717) is 6.42 Å². The van der Waals surface area contributed by atoms with Crippen LogP contribution in [0.3, 0.4) is 0 Å². The summed E-state index contributed by atoms with van der Waals surface area (Å²) in [6.45, 7) is 18.2. The van der Waals surface area contributed by atoms with Crippen molar-refractivity contribution in [2.45, 2.75) is 176 Å². The average molecular weight is 819 g/mol. The van der Waals surface area contributed by atoms with Crippen molar-refractivity contribution in [1.82, 2.24) is 0 Å². The Morgan fingerprint density at radius 2 is 1.17 bits per heavy atom. The molecule has 0 aromatic rings. The van der Waals surface area contributed by atoms with Gasteiger partial charge in [0.15, 0.2) is 0 Å². The highest BCUT2D eigenvalue weighted by Crippen LogP contribution is 2.24. The lowest BCUT2D eigenvalue weighted by Gasteiger charge is -2.39. The number of allylic oxidation sites excluding steroid dienone is 19. The van der Waals surface area contributed by atoms with Crippen LogP contribution in [0.25, 0.3) is 0 Å². The third-order valence-corrected chi connectivity index (χ3v) is 10.2. The Morgan fingerprint density at radius 3 is 1.75 bits per heavy atom. The molecule has 330 valence electrons. The highest BCUT2D eigenvalue weighted by Gasteiger charge is 2.46. The minimum absolute atomic E-state index is 0.234. The predicted octanol–water partition coefficient (Wildman–Crippen LogP) is 11.5. The van der Waals surface area contributed by atoms with Crippen LogP contribution in [0.4, 0.5) is 0 Å². The Bertz CT molecular complexity index is 1540. The molecule has 1 rings (SSSR count). The summed E-state index contributed by atoms with van der Waals surface area (Å²) < 4.78 is 16.2. The van der Waals surface area contributed by atoms with Gasteiger partial charge in [-0.3, -0.25) is 4.79 Å². The number of aliphatic hydroxyl groups excluding tert-OH is 3. The van der Waals surface area contributed by atoms with Gasteiger partial charge in [-0.05, 0) is 73.6 Å². The number of esters is 2. The molecule has 0 bridgehead atoms. The van der Waals surface area contributed by atoms with Gasteiger partial charge in [0.05, 0.1) is 0 Å². The van der Waals surface area contributed by atoms with Crippen molar-refractivity contribution in [2.24, 2.45) is 5.92 Å². The van der Waals surface area contributed by atoms with Crippen LogP contribution in [0.15, 0.2) is 119 Å². The summed E-state index contributed by atoms with van der Waals surface area (Å²) in [5.74, 6) is -0.384. The van der Waals surface area contributed by atoms with Crippen molar-refractivity contribution in [3.63, 3.8) is 0 Å². The molecule has 1 aliphatic heterocycles. The second kappa shape index (κ2) is 32.0. The van der Waals surface area contributed by atoms with E-state index in [-0.39, 0.29) is 18.6 Å². The van der Waals surface area contributed by atoms with Crippen LogP contribution in [-0.4, -0.2) is 64.6 Å². The number of aliphatic hydroxyl groups is 3. The molecule has 3 N–H and O–H groups in total. The van der Waals surface area contributed by atoms with Crippen molar-refractivity contribution >= 4 is 11.9 Å². The summed E-state index contributed by atoms with van der Waals surface area (Å²) in [6.07, 6.45) is 34.1. The molecule has 8 nitrogen and oxygen atoms in total. The van der Waals surface area contributed by atoms with Crippen molar-refractivity contribution < 1.29 is 39.1 Å². The molecular formula is C51H78O8. The first kappa shape index (κ1) is 53.2. The fraction of sp³-hybridized carbons (Fsp3) is 0.569. The topological polar surface area (TPSA) is 123 Å². The maximum Gasteiger partial charge on any atom is 0.336 e. The van der Waals surface area contributed by atoms with E-state index in [2.05, 4.69) is 71.9 Å². The summed E-state index contributed by atoms with van der Waals surface area (Å²) in [4.78, 5) is 25.2. The molecule has 0 saturated carbocycles. The van der Waals surface area contributed by atoms with Gasteiger partial charge in [0.2, 0.25) is 6.29 Å². The summed E-state index contributed by atoms with van der Waals surface area (Å²) in [7, 11) is 0. The summed E-state index contributed by atoms with van der Waals surface area (Å²) in [6, 6.07) is 0. The summed E-state index contributed by atoms with van der Waals surface area (Å²) in [5, 5.41) is 31.3. The van der Waals surface area contributed by atoms with E-state index in [1.807, 2.05) is 56.4 Å². The van der Waals surface area contributed by atoms with E-state index < -0.39 is 42.6 Å². The van der Waals surface area contributed by atoms with Crippen LogP contribution in [0.5, 0.6) is 0 Å². The van der Waals surface area contributed by atoms with E-state index in [0.717, 1.165) is 49.2 Å². The summed E-state index contributed by atoms with van der Waals surface area (Å²) >= 11 is 0.